The molecule has 0 radical (unpaired) electrons. The fourth-order valence-corrected chi connectivity index (χ4v) is 4.03. The van der Waals surface area contributed by atoms with Gasteiger partial charge in [0.25, 0.3) is 5.56 Å². The number of H-pyrrole nitrogens is 1. The Morgan fingerprint density at radius 3 is 2.95 bits per heavy atom. The van der Waals surface area contributed by atoms with Crippen LogP contribution in [-0.2, 0) is 16.0 Å². The van der Waals surface area contributed by atoms with Gasteiger partial charge in [-0.2, -0.15) is 0 Å². The van der Waals surface area contributed by atoms with Crippen molar-refractivity contribution in [1.82, 2.24) is 9.97 Å². The Bertz CT molecular complexity index is 677. The summed E-state index contributed by atoms with van der Waals surface area (Å²) in [5.74, 6) is 0.753. The Kier molecular flexibility index (Phi) is 3.89. The maximum Gasteiger partial charge on any atom is 0.302 e. The first-order valence-electron chi connectivity index (χ1n) is 7.97. The molecule has 0 unspecified atom stereocenters. The first-order valence-corrected chi connectivity index (χ1v) is 7.97. The van der Waals surface area contributed by atoms with Crippen molar-refractivity contribution in [3.63, 3.8) is 0 Å². The number of hydrogen-bond donors (Lipinski definition) is 1. The van der Waals surface area contributed by atoms with Crippen LogP contribution < -0.4 is 5.56 Å². The third-order valence-electron chi connectivity index (χ3n) is 5.19. The summed E-state index contributed by atoms with van der Waals surface area (Å²) in [4.78, 5) is 30.4. The highest BCUT2D eigenvalue weighted by atomic mass is 16.5. The monoisotopic (exact) mass is 302 g/mol. The molecule has 1 N–H and O–H groups in total. The van der Waals surface area contributed by atoms with E-state index in [2.05, 4.69) is 29.9 Å². The van der Waals surface area contributed by atoms with Gasteiger partial charge in [0.2, 0.25) is 0 Å². The summed E-state index contributed by atoms with van der Waals surface area (Å²) in [5, 5.41) is 0. The smallest absolute Gasteiger partial charge is 0.302 e. The zero-order valence-corrected chi connectivity index (χ0v) is 13.3. The van der Waals surface area contributed by atoms with Crippen molar-refractivity contribution in [3.05, 3.63) is 34.0 Å². The molecule has 0 amide bonds. The summed E-state index contributed by atoms with van der Waals surface area (Å²) < 4.78 is 5.63. The van der Waals surface area contributed by atoms with E-state index in [1.165, 1.54) is 13.3 Å². The molecule has 5 heteroatoms. The number of rotatable bonds is 3. The van der Waals surface area contributed by atoms with Crippen molar-refractivity contribution < 1.29 is 9.53 Å². The molecule has 2 aliphatic carbocycles. The van der Waals surface area contributed by atoms with Crippen molar-refractivity contribution in [2.24, 2.45) is 17.8 Å². The minimum absolute atomic E-state index is 0.0710. The second-order valence-corrected chi connectivity index (χ2v) is 6.37. The predicted octanol–water partition coefficient (Wildman–Crippen LogP) is 2.32. The predicted molar refractivity (Wildman–Crippen MR) is 83.1 cm³/mol. The average Bonchev–Trinajstić information content (AvgIpc) is 3.02. The van der Waals surface area contributed by atoms with Crippen LogP contribution in [-0.4, -0.2) is 22.0 Å². The van der Waals surface area contributed by atoms with Crippen LogP contribution >= 0.6 is 0 Å². The van der Waals surface area contributed by atoms with Gasteiger partial charge in [0.05, 0.1) is 12.0 Å². The molecule has 0 aliphatic heterocycles. The Morgan fingerprint density at radius 1 is 1.50 bits per heavy atom. The van der Waals surface area contributed by atoms with Gasteiger partial charge in [-0.3, -0.25) is 9.59 Å². The van der Waals surface area contributed by atoms with Gasteiger partial charge in [0.1, 0.15) is 6.10 Å². The van der Waals surface area contributed by atoms with Gasteiger partial charge in [0, 0.05) is 18.4 Å². The molecule has 0 bridgehead atoms. The summed E-state index contributed by atoms with van der Waals surface area (Å²) >= 11 is 0. The SMILES string of the molecule is CC[C@H]1C[C@@H](C2=CCc3c2nc[nH]c3=O)[C@H](OC(C)=O)[C@H]1C. The van der Waals surface area contributed by atoms with Crippen LogP contribution in [0.1, 0.15) is 44.9 Å². The highest BCUT2D eigenvalue weighted by Gasteiger charge is 2.45. The van der Waals surface area contributed by atoms with Gasteiger partial charge in [-0.15, -0.1) is 0 Å². The van der Waals surface area contributed by atoms with Gasteiger partial charge in [0.15, 0.2) is 0 Å². The van der Waals surface area contributed by atoms with Crippen molar-refractivity contribution in [1.29, 1.82) is 0 Å². The molecule has 0 aromatic carbocycles. The molecule has 0 spiro atoms. The zero-order valence-electron chi connectivity index (χ0n) is 13.3. The van der Waals surface area contributed by atoms with Crippen LogP contribution in [0.5, 0.6) is 0 Å². The molecule has 118 valence electrons. The number of carbonyl (C=O) groups excluding carboxylic acids is 1. The minimum Gasteiger partial charge on any atom is -0.462 e. The second-order valence-electron chi connectivity index (χ2n) is 6.37. The Morgan fingerprint density at radius 2 is 2.27 bits per heavy atom. The van der Waals surface area contributed by atoms with E-state index in [1.807, 2.05) is 0 Å². The molecule has 1 heterocycles. The van der Waals surface area contributed by atoms with E-state index in [-0.39, 0.29) is 23.6 Å². The number of hydrogen-bond acceptors (Lipinski definition) is 4. The van der Waals surface area contributed by atoms with E-state index in [9.17, 15) is 9.59 Å². The number of aromatic amines is 1. The first kappa shape index (κ1) is 15.0. The maximum atomic E-state index is 11.9. The van der Waals surface area contributed by atoms with Crippen LogP contribution in [0.15, 0.2) is 17.2 Å². The van der Waals surface area contributed by atoms with E-state index in [0.717, 1.165) is 29.7 Å². The lowest BCUT2D eigenvalue weighted by molar-refractivity contribution is -0.149. The van der Waals surface area contributed by atoms with Gasteiger partial charge >= 0.3 is 5.97 Å². The van der Waals surface area contributed by atoms with Crippen LogP contribution in [0, 0.1) is 17.8 Å². The second kappa shape index (κ2) is 5.71. The van der Waals surface area contributed by atoms with Crippen LogP contribution in [0.25, 0.3) is 5.57 Å². The standard InChI is InChI=1S/C17H22N2O3/c1-4-11-7-14(16(9(11)2)22-10(3)20)12-5-6-13-15(12)18-8-19-17(13)21/h5,8-9,11,14,16H,4,6-7H2,1-3H3,(H,18,19,21)/t9-,11-,14-,16+/m0/s1. The Balaban J connectivity index is 1.96. The fourth-order valence-electron chi connectivity index (χ4n) is 4.03. The summed E-state index contributed by atoms with van der Waals surface area (Å²) in [5.41, 5.74) is 2.52. The summed E-state index contributed by atoms with van der Waals surface area (Å²) in [6.45, 7) is 5.79. The third-order valence-corrected chi connectivity index (χ3v) is 5.19. The van der Waals surface area contributed by atoms with Gasteiger partial charge in [-0.05, 0) is 30.3 Å². The number of allylic oxidation sites excluding steroid dienone is 1. The number of esters is 1. The lowest BCUT2D eigenvalue weighted by Gasteiger charge is -2.24. The molecule has 3 rings (SSSR count). The van der Waals surface area contributed by atoms with E-state index in [1.54, 1.807) is 0 Å². The van der Waals surface area contributed by atoms with Crippen molar-refractivity contribution in [2.75, 3.05) is 0 Å². The van der Waals surface area contributed by atoms with E-state index in [0.29, 0.717) is 18.3 Å². The number of ether oxygens (including phenoxy) is 1. The van der Waals surface area contributed by atoms with Gasteiger partial charge < -0.3 is 9.72 Å². The van der Waals surface area contributed by atoms with E-state index < -0.39 is 0 Å². The summed E-state index contributed by atoms with van der Waals surface area (Å²) in [6.07, 6.45) is 6.08. The Hall–Kier alpha value is -1.91. The molecule has 4 atom stereocenters. The molecule has 22 heavy (non-hydrogen) atoms. The lowest BCUT2D eigenvalue weighted by atomic mass is 9.92. The average molecular weight is 302 g/mol. The van der Waals surface area contributed by atoms with Gasteiger partial charge in [-0.25, -0.2) is 4.98 Å². The number of nitrogens with one attached hydrogen (secondary N) is 1. The molecule has 0 saturated heterocycles. The number of fused-ring (bicyclic) bond motifs is 1. The number of carbonyl (C=O) groups is 1. The molecule has 1 fully saturated rings. The van der Waals surface area contributed by atoms with Crippen LogP contribution in [0.3, 0.4) is 0 Å². The largest absolute Gasteiger partial charge is 0.462 e. The molecular weight excluding hydrogens is 280 g/mol. The van der Waals surface area contributed by atoms with E-state index in [4.69, 9.17) is 4.74 Å². The van der Waals surface area contributed by atoms with Crippen molar-refractivity contribution in [3.8, 4) is 0 Å². The topological polar surface area (TPSA) is 72.1 Å². The molecule has 2 aliphatic rings. The normalized spacial score (nSPS) is 30.0. The van der Waals surface area contributed by atoms with Crippen molar-refractivity contribution in [2.45, 2.75) is 46.1 Å². The molecule has 1 saturated carbocycles. The fraction of sp³-hybridized carbons (Fsp3) is 0.588. The molecular formula is C17H22N2O3. The van der Waals surface area contributed by atoms with Gasteiger partial charge in [-0.1, -0.05) is 26.3 Å². The lowest BCUT2D eigenvalue weighted by Crippen LogP contribution is -2.28. The maximum absolute atomic E-state index is 11.9. The van der Waals surface area contributed by atoms with Crippen LogP contribution in [0.4, 0.5) is 0 Å². The minimum atomic E-state index is -0.240. The first-order chi connectivity index (χ1) is 10.5. The highest BCUT2D eigenvalue weighted by molar-refractivity contribution is 5.73. The highest BCUT2D eigenvalue weighted by Crippen LogP contribution is 2.47. The number of aromatic nitrogens is 2. The molecule has 1 aromatic heterocycles. The molecule has 5 nitrogen and oxygen atoms in total. The summed E-state index contributed by atoms with van der Waals surface area (Å²) in [6, 6.07) is 0. The number of nitrogens with zero attached hydrogens (tertiary/aromatic N) is 1. The van der Waals surface area contributed by atoms with E-state index >= 15 is 0 Å². The Labute approximate surface area is 129 Å². The van der Waals surface area contributed by atoms with Crippen molar-refractivity contribution >= 4 is 11.5 Å². The quantitative estimate of drug-likeness (QED) is 0.870. The van der Waals surface area contributed by atoms with Crippen LogP contribution in [0.2, 0.25) is 0 Å². The molecule has 1 aromatic rings. The summed E-state index contributed by atoms with van der Waals surface area (Å²) in [7, 11) is 0. The zero-order chi connectivity index (χ0) is 15.9. The third kappa shape index (κ3) is 2.38.